The SMILES string of the molecule is CC(C)c1cc(C(=O)N2CCC[C@@H]2c2ccc(Cl)cc2)no1. The van der Waals surface area contributed by atoms with Crippen LogP contribution in [0.4, 0.5) is 0 Å². The number of benzene rings is 1. The fraction of sp³-hybridized carbons (Fsp3) is 0.412. The Labute approximate surface area is 135 Å². The van der Waals surface area contributed by atoms with E-state index in [1.807, 2.05) is 43.0 Å². The van der Waals surface area contributed by atoms with Gasteiger partial charge in [0, 0.05) is 23.6 Å². The van der Waals surface area contributed by atoms with E-state index in [1.54, 1.807) is 6.07 Å². The van der Waals surface area contributed by atoms with Crippen molar-refractivity contribution in [2.45, 2.75) is 38.6 Å². The maximum absolute atomic E-state index is 12.7. The minimum atomic E-state index is -0.0619. The van der Waals surface area contributed by atoms with Crippen LogP contribution in [0.25, 0.3) is 0 Å². The predicted molar refractivity (Wildman–Crippen MR) is 85.1 cm³/mol. The lowest BCUT2D eigenvalue weighted by Crippen LogP contribution is -2.30. The van der Waals surface area contributed by atoms with Crippen LogP contribution in [-0.2, 0) is 0 Å². The molecule has 1 aromatic carbocycles. The number of hydrogen-bond acceptors (Lipinski definition) is 3. The minimum Gasteiger partial charge on any atom is -0.360 e. The average molecular weight is 319 g/mol. The van der Waals surface area contributed by atoms with Crippen LogP contribution >= 0.6 is 11.6 Å². The first-order chi connectivity index (χ1) is 10.6. The van der Waals surface area contributed by atoms with Crippen molar-refractivity contribution >= 4 is 17.5 Å². The smallest absolute Gasteiger partial charge is 0.276 e. The Morgan fingerprint density at radius 1 is 1.36 bits per heavy atom. The molecule has 0 N–H and O–H groups in total. The summed E-state index contributed by atoms with van der Waals surface area (Å²) in [7, 11) is 0. The quantitative estimate of drug-likeness (QED) is 0.841. The summed E-state index contributed by atoms with van der Waals surface area (Å²) in [6.45, 7) is 4.78. The molecule has 0 saturated carbocycles. The van der Waals surface area contributed by atoms with Gasteiger partial charge in [-0.05, 0) is 30.5 Å². The van der Waals surface area contributed by atoms with Crippen LogP contribution in [0, 0.1) is 0 Å². The summed E-state index contributed by atoms with van der Waals surface area (Å²) in [5.41, 5.74) is 1.51. The Morgan fingerprint density at radius 3 is 2.73 bits per heavy atom. The van der Waals surface area contributed by atoms with E-state index in [0.29, 0.717) is 10.7 Å². The molecule has 116 valence electrons. The highest BCUT2D eigenvalue weighted by Crippen LogP contribution is 2.33. The average Bonchev–Trinajstić information content (AvgIpc) is 3.17. The number of halogens is 1. The van der Waals surface area contributed by atoms with Crippen LogP contribution in [-0.4, -0.2) is 22.5 Å². The highest BCUT2D eigenvalue weighted by atomic mass is 35.5. The summed E-state index contributed by atoms with van der Waals surface area (Å²) in [6.07, 6.45) is 1.95. The van der Waals surface area contributed by atoms with Gasteiger partial charge in [0.05, 0.1) is 6.04 Å². The maximum Gasteiger partial charge on any atom is 0.276 e. The molecule has 0 radical (unpaired) electrons. The van der Waals surface area contributed by atoms with Gasteiger partial charge in [-0.3, -0.25) is 4.79 Å². The molecule has 1 fully saturated rings. The minimum absolute atomic E-state index is 0.0619. The van der Waals surface area contributed by atoms with E-state index in [2.05, 4.69) is 5.16 Å². The van der Waals surface area contributed by atoms with Gasteiger partial charge in [-0.25, -0.2) is 0 Å². The van der Waals surface area contributed by atoms with Crippen LogP contribution < -0.4 is 0 Å². The second-order valence-corrected chi connectivity index (χ2v) is 6.41. The fourth-order valence-electron chi connectivity index (χ4n) is 2.85. The fourth-order valence-corrected chi connectivity index (χ4v) is 2.98. The molecular weight excluding hydrogens is 300 g/mol. The lowest BCUT2D eigenvalue weighted by Gasteiger charge is -2.24. The molecule has 3 rings (SSSR count). The number of amides is 1. The highest BCUT2D eigenvalue weighted by molar-refractivity contribution is 6.30. The molecule has 1 saturated heterocycles. The van der Waals surface area contributed by atoms with Crippen LogP contribution in [0.2, 0.25) is 5.02 Å². The lowest BCUT2D eigenvalue weighted by atomic mass is 10.0. The van der Waals surface area contributed by atoms with Crippen molar-refractivity contribution in [2.75, 3.05) is 6.54 Å². The second kappa shape index (κ2) is 6.13. The standard InChI is InChI=1S/C17H19ClN2O2/c1-11(2)16-10-14(19-22-16)17(21)20-9-3-4-15(20)12-5-7-13(18)8-6-12/h5-8,10-11,15H,3-4,9H2,1-2H3/t15-/m1/s1. The molecule has 0 aliphatic carbocycles. The van der Waals surface area contributed by atoms with Crippen LogP contribution in [0.3, 0.4) is 0 Å². The number of carbonyl (C=O) groups is 1. The molecule has 0 bridgehead atoms. The van der Waals surface area contributed by atoms with Crippen LogP contribution in [0.15, 0.2) is 34.9 Å². The zero-order valence-corrected chi connectivity index (χ0v) is 13.5. The number of rotatable bonds is 3. The normalized spacial score (nSPS) is 18.2. The van der Waals surface area contributed by atoms with E-state index in [9.17, 15) is 4.79 Å². The Hall–Kier alpha value is -1.81. The largest absolute Gasteiger partial charge is 0.360 e. The van der Waals surface area contributed by atoms with Gasteiger partial charge in [-0.2, -0.15) is 0 Å². The van der Waals surface area contributed by atoms with Crippen molar-refractivity contribution in [3.63, 3.8) is 0 Å². The van der Waals surface area contributed by atoms with Gasteiger partial charge in [0.1, 0.15) is 5.76 Å². The van der Waals surface area contributed by atoms with Gasteiger partial charge < -0.3 is 9.42 Å². The van der Waals surface area contributed by atoms with Crippen molar-refractivity contribution in [1.82, 2.24) is 10.1 Å². The zero-order valence-electron chi connectivity index (χ0n) is 12.8. The van der Waals surface area contributed by atoms with Crippen LogP contribution in [0.1, 0.15) is 60.5 Å². The lowest BCUT2D eigenvalue weighted by molar-refractivity contribution is 0.0725. The monoisotopic (exact) mass is 318 g/mol. The van der Waals surface area contributed by atoms with Gasteiger partial charge in [0.25, 0.3) is 5.91 Å². The summed E-state index contributed by atoms with van der Waals surface area (Å²) < 4.78 is 5.25. The summed E-state index contributed by atoms with van der Waals surface area (Å²) in [6, 6.07) is 9.55. The van der Waals surface area contributed by atoms with Gasteiger partial charge in [-0.1, -0.05) is 42.7 Å². The van der Waals surface area contributed by atoms with E-state index in [1.165, 1.54) is 0 Å². The Morgan fingerprint density at radius 2 is 2.09 bits per heavy atom. The van der Waals surface area contributed by atoms with Gasteiger partial charge in [-0.15, -0.1) is 0 Å². The van der Waals surface area contributed by atoms with Crippen molar-refractivity contribution in [1.29, 1.82) is 0 Å². The summed E-state index contributed by atoms with van der Waals surface area (Å²) >= 11 is 5.94. The van der Waals surface area contributed by atoms with E-state index < -0.39 is 0 Å². The number of carbonyl (C=O) groups excluding carboxylic acids is 1. The topological polar surface area (TPSA) is 46.3 Å². The number of hydrogen-bond donors (Lipinski definition) is 0. The first kappa shape index (κ1) is 15.1. The third-order valence-electron chi connectivity index (χ3n) is 4.08. The maximum atomic E-state index is 12.7. The van der Waals surface area contributed by atoms with E-state index in [-0.39, 0.29) is 17.9 Å². The van der Waals surface area contributed by atoms with Crippen molar-refractivity contribution in [3.05, 3.63) is 52.4 Å². The molecule has 1 atom stereocenters. The third kappa shape index (κ3) is 2.88. The van der Waals surface area contributed by atoms with E-state index >= 15 is 0 Å². The molecule has 5 heteroatoms. The molecule has 22 heavy (non-hydrogen) atoms. The predicted octanol–water partition coefficient (Wildman–Crippen LogP) is 4.43. The zero-order chi connectivity index (χ0) is 15.7. The molecule has 0 spiro atoms. The summed E-state index contributed by atoms with van der Waals surface area (Å²) in [5.74, 6) is 0.901. The number of likely N-dealkylation sites (tertiary alicyclic amines) is 1. The Bertz CT molecular complexity index is 664. The second-order valence-electron chi connectivity index (χ2n) is 5.98. The summed E-state index contributed by atoms with van der Waals surface area (Å²) in [5, 5.41) is 4.64. The number of aromatic nitrogens is 1. The summed E-state index contributed by atoms with van der Waals surface area (Å²) in [4.78, 5) is 14.6. The highest BCUT2D eigenvalue weighted by Gasteiger charge is 2.32. The molecule has 2 aromatic rings. The van der Waals surface area contributed by atoms with E-state index in [0.717, 1.165) is 30.7 Å². The van der Waals surface area contributed by atoms with E-state index in [4.69, 9.17) is 16.1 Å². The molecule has 2 heterocycles. The van der Waals surface area contributed by atoms with Crippen LogP contribution in [0.5, 0.6) is 0 Å². The molecule has 4 nitrogen and oxygen atoms in total. The van der Waals surface area contributed by atoms with Crippen molar-refractivity contribution in [2.24, 2.45) is 0 Å². The van der Waals surface area contributed by atoms with Gasteiger partial charge >= 0.3 is 0 Å². The molecule has 1 aliphatic heterocycles. The molecular formula is C17H19ClN2O2. The molecule has 1 amide bonds. The third-order valence-corrected chi connectivity index (χ3v) is 4.34. The van der Waals surface area contributed by atoms with Crippen molar-refractivity contribution < 1.29 is 9.32 Å². The van der Waals surface area contributed by atoms with Gasteiger partial charge in [0.15, 0.2) is 5.69 Å². The Kier molecular flexibility index (Phi) is 4.21. The van der Waals surface area contributed by atoms with Gasteiger partial charge in [0.2, 0.25) is 0 Å². The molecule has 1 aliphatic rings. The molecule has 1 aromatic heterocycles. The Balaban J connectivity index is 1.82. The first-order valence-corrected chi connectivity index (χ1v) is 7.97. The molecule has 0 unspecified atom stereocenters. The number of nitrogens with zero attached hydrogens (tertiary/aromatic N) is 2. The van der Waals surface area contributed by atoms with Crippen molar-refractivity contribution in [3.8, 4) is 0 Å². The first-order valence-electron chi connectivity index (χ1n) is 7.59.